The Kier molecular flexibility index (Phi) is 3.78. The number of nitrogens with zero attached hydrogens (tertiary/aromatic N) is 1. The Morgan fingerprint density at radius 1 is 1.44 bits per heavy atom. The topological polar surface area (TPSA) is 44.7 Å². The number of ether oxygens (including phenoxy) is 1. The zero-order valence-corrected chi connectivity index (χ0v) is 11.4. The predicted molar refractivity (Wildman–Crippen MR) is 72.0 cm³/mol. The molecule has 0 aliphatic carbocycles. The Balaban J connectivity index is 2.11. The molecule has 0 aromatic heterocycles. The number of nitrogens with one attached hydrogen (secondary N) is 1. The molecule has 4 nitrogen and oxygen atoms in total. The molecule has 4 heteroatoms. The highest BCUT2D eigenvalue weighted by Crippen LogP contribution is 2.28. The molecule has 2 N–H and O–H groups in total. The van der Waals surface area contributed by atoms with Crippen LogP contribution in [-0.2, 0) is 6.54 Å². The van der Waals surface area contributed by atoms with E-state index in [0.717, 1.165) is 31.7 Å². The van der Waals surface area contributed by atoms with E-state index < -0.39 is 0 Å². The SMILES string of the molecule is COc1ccc(CN2CCNCC2(C)C)cc1O. The van der Waals surface area contributed by atoms with Gasteiger partial charge in [-0.15, -0.1) is 0 Å². The van der Waals surface area contributed by atoms with E-state index in [4.69, 9.17) is 4.74 Å². The van der Waals surface area contributed by atoms with Gasteiger partial charge >= 0.3 is 0 Å². The van der Waals surface area contributed by atoms with E-state index in [1.165, 1.54) is 0 Å². The van der Waals surface area contributed by atoms with Crippen molar-refractivity contribution >= 4 is 0 Å². The molecule has 0 spiro atoms. The number of rotatable bonds is 3. The Morgan fingerprint density at radius 2 is 2.22 bits per heavy atom. The lowest BCUT2D eigenvalue weighted by Crippen LogP contribution is -2.57. The third-order valence-corrected chi connectivity index (χ3v) is 3.59. The van der Waals surface area contributed by atoms with Crippen molar-refractivity contribution in [2.45, 2.75) is 25.9 Å². The molecule has 0 saturated carbocycles. The lowest BCUT2D eigenvalue weighted by atomic mass is 9.99. The molecule has 0 radical (unpaired) electrons. The minimum absolute atomic E-state index is 0.147. The van der Waals surface area contributed by atoms with Gasteiger partial charge < -0.3 is 15.2 Å². The molecule has 2 rings (SSSR count). The van der Waals surface area contributed by atoms with E-state index in [-0.39, 0.29) is 11.3 Å². The van der Waals surface area contributed by atoms with Gasteiger partial charge in [-0.05, 0) is 31.5 Å². The highest BCUT2D eigenvalue weighted by Gasteiger charge is 2.29. The summed E-state index contributed by atoms with van der Waals surface area (Å²) < 4.78 is 5.06. The number of aromatic hydroxyl groups is 1. The predicted octanol–water partition coefficient (Wildman–Crippen LogP) is 1.58. The molecule has 100 valence electrons. The van der Waals surface area contributed by atoms with Gasteiger partial charge in [0.2, 0.25) is 0 Å². The molecular formula is C14H22N2O2. The van der Waals surface area contributed by atoms with Crippen LogP contribution in [0, 0.1) is 0 Å². The van der Waals surface area contributed by atoms with Gasteiger partial charge in [-0.25, -0.2) is 0 Å². The van der Waals surface area contributed by atoms with Crippen molar-refractivity contribution in [1.82, 2.24) is 10.2 Å². The maximum absolute atomic E-state index is 9.80. The van der Waals surface area contributed by atoms with Gasteiger partial charge in [0.1, 0.15) is 0 Å². The van der Waals surface area contributed by atoms with Crippen molar-refractivity contribution in [3.63, 3.8) is 0 Å². The van der Waals surface area contributed by atoms with Gasteiger partial charge in [0, 0.05) is 31.7 Å². The summed E-state index contributed by atoms with van der Waals surface area (Å²) in [6, 6.07) is 5.62. The van der Waals surface area contributed by atoms with Crippen LogP contribution in [0.25, 0.3) is 0 Å². The second-order valence-electron chi connectivity index (χ2n) is 5.42. The minimum atomic E-state index is 0.147. The number of benzene rings is 1. The molecule has 1 saturated heterocycles. The number of phenols is 1. The fraction of sp³-hybridized carbons (Fsp3) is 0.571. The molecule has 1 aromatic rings. The molecule has 18 heavy (non-hydrogen) atoms. The summed E-state index contributed by atoms with van der Waals surface area (Å²) in [5.74, 6) is 0.737. The van der Waals surface area contributed by atoms with Crippen LogP contribution in [0.1, 0.15) is 19.4 Å². The summed E-state index contributed by atoms with van der Waals surface area (Å²) >= 11 is 0. The van der Waals surface area contributed by atoms with Gasteiger partial charge in [0.25, 0.3) is 0 Å². The van der Waals surface area contributed by atoms with Gasteiger partial charge in [0.05, 0.1) is 7.11 Å². The van der Waals surface area contributed by atoms with Crippen LogP contribution in [0.5, 0.6) is 11.5 Å². The number of hydrogen-bond acceptors (Lipinski definition) is 4. The lowest BCUT2D eigenvalue weighted by molar-refractivity contribution is 0.0826. The summed E-state index contributed by atoms with van der Waals surface area (Å²) in [6.45, 7) is 8.37. The quantitative estimate of drug-likeness (QED) is 0.855. The third kappa shape index (κ3) is 2.76. The fourth-order valence-corrected chi connectivity index (χ4v) is 2.37. The molecule has 0 unspecified atom stereocenters. The van der Waals surface area contributed by atoms with Crippen LogP contribution in [0.15, 0.2) is 18.2 Å². The van der Waals surface area contributed by atoms with Gasteiger partial charge in [0.15, 0.2) is 11.5 Å². The zero-order valence-electron chi connectivity index (χ0n) is 11.4. The van der Waals surface area contributed by atoms with Crippen molar-refractivity contribution in [3.8, 4) is 11.5 Å². The number of phenolic OH excluding ortho intramolecular Hbond substituents is 1. The molecule has 1 aromatic carbocycles. The highest BCUT2D eigenvalue weighted by molar-refractivity contribution is 5.41. The summed E-state index contributed by atoms with van der Waals surface area (Å²) in [6.07, 6.45) is 0. The molecule has 0 atom stereocenters. The standard InChI is InChI=1S/C14H22N2O2/c1-14(2)10-15-6-7-16(14)9-11-4-5-13(18-3)12(17)8-11/h4-5,8,15,17H,6-7,9-10H2,1-3H3. The van der Waals surface area contributed by atoms with E-state index in [0.29, 0.717) is 5.75 Å². The summed E-state index contributed by atoms with van der Waals surface area (Å²) in [5, 5.41) is 13.2. The third-order valence-electron chi connectivity index (χ3n) is 3.59. The zero-order chi connectivity index (χ0) is 13.2. The largest absolute Gasteiger partial charge is 0.504 e. The van der Waals surface area contributed by atoms with E-state index in [2.05, 4.69) is 24.1 Å². The van der Waals surface area contributed by atoms with Gasteiger partial charge in [-0.1, -0.05) is 6.07 Å². The molecule has 1 heterocycles. The van der Waals surface area contributed by atoms with Crippen LogP contribution in [0.3, 0.4) is 0 Å². The van der Waals surface area contributed by atoms with Crippen molar-refractivity contribution in [2.75, 3.05) is 26.7 Å². The number of hydrogen-bond donors (Lipinski definition) is 2. The molecule has 1 aliphatic heterocycles. The van der Waals surface area contributed by atoms with Gasteiger partial charge in [-0.3, -0.25) is 4.90 Å². The first kappa shape index (κ1) is 13.2. The fourth-order valence-electron chi connectivity index (χ4n) is 2.37. The average molecular weight is 250 g/mol. The van der Waals surface area contributed by atoms with Gasteiger partial charge in [-0.2, -0.15) is 0 Å². The van der Waals surface area contributed by atoms with E-state index in [9.17, 15) is 5.11 Å². The van der Waals surface area contributed by atoms with E-state index in [1.807, 2.05) is 12.1 Å². The molecule has 1 aliphatic rings. The molecule has 0 amide bonds. The summed E-state index contributed by atoms with van der Waals surface area (Å²) in [4.78, 5) is 2.44. The Morgan fingerprint density at radius 3 is 2.83 bits per heavy atom. The van der Waals surface area contributed by atoms with Crippen LogP contribution < -0.4 is 10.1 Å². The van der Waals surface area contributed by atoms with E-state index in [1.54, 1.807) is 13.2 Å². The normalized spacial score (nSPS) is 19.7. The minimum Gasteiger partial charge on any atom is -0.504 e. The monoisotopic (exact) mass is 250 g/mol. The van der Waals surface area contributed by atoms with Crippen molar-refractivity contribution in [1.29, 1.82) is 0 Å². The Labute approximate surface area is 109 Å². The van der Waals surface area contributed by atoms with Crippen LogP contribution in [0.4, 0.5) is 0 Å². The smallest absolute Gasteiger partial charge is 0.160 e. The Hall–Kier alpha value is -1.26. The van der Waals surface area contributed by atoms with Crippen molar-refractivity contribution < 1.29 is 9.84 Å². The van der Waals surface area contributed by atoms with E-state index >= 15 is 0 Å². The molecule has 1 fully saturated rings. The Bertz CT molecular complexity index is 418. The summed E-state index contributed by atoms with van der Waals surface area (Å²) in [7, 11) is 1.56. The first-order valence-electron chi connectivity index (χ1n) is 6.34. The molecule has 0 bridgehead atoms. The first-order valence-corrected chi connectivity index (χ1v) is 6.34. The first-order chi connectivity index (χ1) is 8.53. The lowest BCUT2D eigenvalue weighted by Gasteiger charge is -2.42. The molecular weight excluding hydrogens is 228 g/mol. The van der Waals surface area contributed by atoms with Crippen molar-refractivity contribution in [2.24, 2.45) is 0 Å². The maximum Gasteiger partial charge on any atom is 0.160 e. The summed E-state index contributed by atoms with van der Waals surface area (Å²) in [5.41, 5.74) is 1.26. The van der Waals surface area contributed by atoms with Crippen molar-refractivity contribution in [3.05, 3.63) is 23.8 Å². The number of methoxy groups -OCH3 is 1. The second kappa shape index (κ2) is 5.16. The van der Waals surface area contributed by atoms with Crippen LogP contribution in [0.2, 0.25) is 0 Å². The second-order valence-corrected chi connectivity index (χ2v) is 5.42. The van der Waals surface area contributed by atoms with Crippen LogP contribution >= 0.6 is 0 Å². The van der Waals surface area contributed by atoms with Crippen LogP contribution in [-0.4, -0.2) is 42.3 Å². The average Bonchev–Trinajstić information content (AvgIpc) is 2.32. The number of piperazine rings is 1. The maximum atomic E-state index is 9.80. The highest BCUT2D eigenvalue weighted by atomic mass is 16.5.